The first-order chi connectivity index (χ1) is 8.58. The second-order valence-electron chi connectivity index (χ2n) is 3.99. The molecule has 1 heterocycles. The number of carbonyl (C=O) groups excluding carboxylic acids is 1. The van der Waals surface area contributed by atoms with Crippen molar-refractivity contribution in [2.24, 2.45) is 7.05 Å². The molecule has 0 aliphatic carbocycles. The molecule has 0 aliphatic rings. The van der Waals surface area contributed by atoms with Crippen molar-refractivity contribution in [3.63, 3.8) is 0 Å². The molecule has 2 aromatic rings. The average molecular weight is 419 g/mol. The molecule has 0 amide bonds. The fraction of sp³-hybridized carbons (Fsp3) is 0.231. The summed E-state index contributed by atoms with van der Waals surface area (Å²) in [5, 5.41) is 4.09. The molecule has 0 atom stereocenters. The summed E-state index contributed by atoms with van der Waals surface area (Å²) < 4.78 is 3.73. The third-order valence-electron chi connectivity index (χ3n) is 2.76. The van der Waals surface area contributed by atoms with Gasteiger partial charge in [-0.3, -0.25) is 9.48 Å². The third-order valence-corrected chi connectivity index (χ3v) is 4.12. The molecule has 0 saturated carbocycles. The van der Waals surface area contributed by atoms with Gasteiger partial charge in [0.15, 0.2) is 5.78 Å². The summed E-state index contributed by atoms with van der Waals surface area (Å²) in [6, 6.07) is 7.74. The Morgan fingerprint density at radius 2 is 2.22 bits per heavy atom. The molecule has 0 saturated heterocycles. The van der Waals surface area contributed by atoms with Crippen LogP contribution in [0.4, 0.5) is 0 Å². The minimum absolute atomic E-state index is 0.154. The van der Waals surface area contributed by atoms with Crippen LogP contribution in [0.15, 0.2) is 34.9 Å². The highest BCUT2D eigenvalue weighted by Gasteiger charge is 2.11. The first-order valence-electron chi connectivity index (χ1n) is 5.53. The zero-order valence-electron chi connectivity index (χ0n) is 9.86. The first-order valence-corrected chi connectivity index (χ1v) is 7.40. The SMILES string of the molecule is Cn1nccc1CCC(=O)c1cc(I)ccc1Br. The van der Waals surface area contributed by atoms with Crippen LogP contribution in [-0.4, -0.2) is 15.6 Å². The second-order valence-corrected chi connectivity index (χ2v) is 6.09. The summed E-state index contributed by atoms with van der Waals surface area (Å²) in [6.07, 6.45) is 2.96. The van der Waals surface area contributed by atoms with Crippen LogP contribution in [0.5, 0.6) is 0 Å². The van der Waals surface area contributed by atoms with Crippen LogP contribution in [0.2, 0.25) is 0 Å². The van der Waals surface area contributed by atoms with Gasteiger partial charge in [-0.2, -0.15) is 5.10 Å². The fourth-order valence-electron chi connectivity index (χ4n) is 1.73. The van der Waals surface area contributed by atoms with Crippen molar-refractivity contribution in [2.45, 2.75) is 12.8 Å². The molecular formula is C13H12BrIN2O. The van der Waals surface area contributed by atoms with E-state index >= 15 is 0 Å². The maximum Gasteiger partial charge on any atom is 0.164 e. The molecule has 94 valence electrons. The van der Waals surface area contributed by atoms with Crippen molar-refractivity contribution in [1.82, 2.24) is 9.78 Å². The third kappa shape index (κ3) is 3.20. The number of rotatable bonds is 4. The Labute approximate surface area is 128 Å². The van der Waals surface area contributed by atoms with Crippen LogP contribution in [0.1, 0.15) is 22.5 Å². The van der Waals surface area contributed by atoms with Crippen LogP contribution >= 0.6 is 38.5 Å². The molecule has 5 heteroatoms. The topological polar surface area (TPSA) is 34.9 Å². The number of aromatic nitrogens is 2. The molecule has 18 heavy (non-hydrogen) atoms. The van der Waals surface area contributed by atoms with Crippen LogP contribution in [0.25, 0.3) is 0 Å². The summed E-state index contributed by atoms with van der Waals surface area (Å²) in [5.74, 6) is 0.154. The summed E-state index contributed by atoms with van der Waals surface area (Å²) in [5.41, 5.74) is 1.83. The van der Waals surface area contributed by atoms with Gasteiger partial charge in [-0.25, -0.2) is 0 Å². The van der Waals surface area contributed by atoms with Crippen LogP contribution < -0.4 is 0 Å². The standard InChI is InChI=1S/C13H12BrIN2O/c1-17-10(6-7-16-17)3-5-13(18)11-8-9(15)2-4-12(11)14/h2,4,6-8H,3,5H2,1H3. The first kappa shape index (κ1) is 13.7. The smallest absolute Gasteiger partial charge is 0.164 e. The number of carbonyl (C=O) groups is 1. The van der Waals surface area contributed by atoms with E-state index in [9.17, 15) is 4.79 Å². The lowest BCUT2D eigenvalue weighted by Crippen LogP contribution is -2.05. The Morgan fingerprint density at radius 1 is 1.44 bits per heavy atom. The number of hydrogen-bond donors (Lipinski definition) is 0. The number of benzene rings is 1. The maximum atomic E-state index is 12.2. The predicted octanol–water partition coefficient (Wildman–Crippen LogP) is 3.60. The van der Waals surface area contributed by atoms with Gasteiger partial charge in [0.05, 0.1) is 0 Å². The Bertz CT molecular complexity index is 580. The van der Waals surface area contributed by atoms with Crippen LogP contribution in [0.3, 0.4) is 0 Å². The summed E-state index contributed by atoms with van der Waals surface area (Å²) in [4.78, 5) is 12.2. The fourth-order valence-corrected chi connectivity index (χ4v) is 2.69. The number of hydrogen-bond acceptors (Lipinski definition) is 2. The molecular weight excluding hydrogens is 407 g/mol. The maximum absolute atomic E-state index is 12.2. The number of Topliss-reactive ketones (excluding diaryl/α,β-unsaturated/α-hetero) is 1. The van der Waals surface area contributed by atoms with E-state index < -0.39 is 0 Å². The van der Waals surface area contributed by atoms with Crippen molar-refractivity contribution in [3.8, 4) is 0 Å². The number of ketones is 1. The molecule has 1 aromatic heterocycles. The molecule has 0 N–H and O–H groups in total. The zero-order valence-corrected chi connectivity index (χ0v) is 13.6. The van der Waals surface area contributed by atoms with Gasteiger partial charge in [-0.1, -0.05) is 15.9 Å². The minimum atomic E-state index is 0.154. The largest absolute Gasteiger partial charge is 0.294 e. The van der Waals surface area contributed by atoms with E-state index in [0.717, 1.165) is 19.3 Å². The van der Waals surface area contributed by atoms with Gasteiger partial charge in [0.1, 0.15) is 0 Å². The molecule has 0 bridgehead atoms. The predicted molar refractivity (Wildman–Crippen MR) is 82.7 cm³/mol. The van der Waals surface area contributed by atoms with E-state index in [1.54, 1.807) is 10.9 Å². The molecule has 0 spiro atoms. The van der Waals surface area contributed by atoms with Crippen molar-refractivity contribution in [1.29, 1.82) is 0 Å². The van der Waals surface area contributed by atoms with Gasteiger partial charge in [0.25, 0.3) is 0 Å². The Morgan fingerprint density at radius 3 is 2.89 bits per heavy atom. The lowest BCUT2D eigenvalue weighted by Gasteiger charge is -2.05. The molecule has 0 radical (unpaired) electrons. The Balaban J connectivity index is 2.08. The van der Waals surface area contributed by atoms with E-state index in [4.69, 9.17) is 0 Å². The highest BCUT2D eigenvalue weighted by molar-refractivity contribution is 14.1. The number of nitrogens with zero attached hydrogens (tertiary/aromatic N) is 2. The normalized spacial score (nSPS) is 10.6. The van der Waals surface area contributed by atoms with Crippen LogP contribution in [0, 0.1) is 3.57 Å². The van der Waals surface area contributed by atoms with E-state index in [0.29, 0.717) is 12.8 Å². The van der Waals surface area contributed by atoms with Gasteiger partial charge in [-0.15, -0.1) is 0 Å². The lowest BCUT2D eigenvalue weighted by molar-refractivity contribution is 0.0981. The van der Waals surface area contributed by atoms with Crippen LogP contribution in [-0.2, 0) is 13.5 Å². The molecule has 0 fully saturated rings. The van der Waals surface area contributed by atoms with Crippen molar-refractivity contribution in [2.75, 3.05) is 0 Å². The Hall–Kier alpha value is -0.690. The lowest BCUT2D eigenvalue weighted by atomic mass is 10.1. The van der Waals surface area contributed by atoms with Gasteiger partial charge >= 0.3 is 0 Å². The highest BCUT2D eigenvalue weighted by atomic mass is 127. The summed E-state index contributed by atoms with van der Waals surface area (Å²) in [7, 11) is 1.89. The van der Waals surface area contributed by atoms with E-state index in [1.807, 2.05) is 31.3 Å². The molecule has 0 aliphatic heterocycles. The van der Waals surface area contributed by atoms with Gasteiger partial charge < -0.3 is 0 Å². The van der Waals surface area contributed by atoms with Gasteiger partial charge in [-0.05, 0) is 53.3 Å². The average Bonchev–Trinajstić information content (AvgIpc) is 2.75. The molecule has 3 nitrogen and oxygen atoms in total. The Kier molecular flexibility index (Phi) is 4.55. The molecule has 1 aromatic carbocycles. The van der Waals surface area contributed by atoms with Crippen molar-refractivity contribution >= 4 is 44.3 Å². The quantitative estimate of drug-likeness (QED) is 0.561. The van der Waals surface area contributed by atoms with Gasteiger partial charge in [0, 0.05) is 39.0 Å². The second kappa shape index (κ2) is 5.97. The van der Waals surface area contributed by atoms with E-state index in [-0.39, 0.29) is 5.78 Å². The van der Waals surface area contributed by atoms with Crippen molar-refractivity contribution in [3.05, 3.63) is 49.8 Å². The molecule has 2 rings (SSSR count). The summed E-state index contributed by atoms with van der Waals surface area (Å²) in [6.45, 7) is 0. The summed E-state index contributed by atoms with van der Waals surface area (Å²) >= 11 is 5.64. The van der Waals surface area contributed by atoms with Crippen molar-refractivity contribution < 1.29 is 4.79 Å². The molecule has 0 unspecified atom stereocenters. The zero-order chi connectivity index (χ0) is 13.1. The van der Waals surface area contributed by atoms with Gasteiger partial charge in [0.2, 0.25) is 0 Å². The number of aryl methyl sites for hydroxylation is 2. The highest BCUT2D eigenvalue weighted by Crippen LogP contribution is 2.21. The van der Waals surface area contributed by atoms with E-state index in [2.05, 4.69) is 43.6 Å². The van der Waals surface area contributed by atoms with E-state index in [1.165, 1.54) is 0 Å². The monoisotopic (exact) mass is 418 g/mol. The number of halogens is 2. The minimum Gasteiger partial charge on any atom is -0.294 e.